The fourth-order valence-corrected chi connectivity index (χ4v) is 2.51. The van der Waals surface area contributed by atoms with Gasteiger partial charge in [0.05, 0.1) is 16.7 Å². The Labute approximate surface area is 133 Å². The van der Waals surface area contributed by atoms with Crippen LogP contribution in [0.1, 0.15) is 28.4 Å². The minimum absolute atomic E-state index is 0.192. The number of carbonyl (C=O) groups is 1. The van der Waals surface area contributed by atoms with E-state index in [0.717, 1.165) is 5.56 Å². The molecule has 2 aromatic carbocycles. The number of rotatable bonds is 4. The maximum Gasteiger partial charge on any atom is 0.194 e. The lowest BCUT2D eigenvalue weighted by atomic mass is 9.98. The van der Waals surface area contributed by atoms with Gasteiger partial charge in [0.15, 0.2) is 5.78 Å². The molecule has 21 heavy (non-hydrogen) atoms. The van der Waals surface area contributed by atoms with E-state index in [4.69, 9.17) is 33.7 Å². The molecule has 0 amide bonds. The fraction of sp³-hybridized carbons (Fsp3) is 0.188. The van der Waals surface area contributed by atoms with E-state index in [1.54, 1.807) is 24.3 Å². The van der Waals surface area contributed by atoms with E-state index in [1.807, 2.05) is 13.8 Å². The van der Waals surface area contributed by atoms with Crippen LogP contribution in [-0.4, -0.2) is 12.4 Å². The zero-order valence-electron chi connectivity index (χ0n) is 11.7. The Morgan fingerprint density at radius 3 is 2.48 bits per heavy atom. The van der Waals surface area contributed by atoms with Gasteiger partial charge < -0.3 is 10.5 Å². The highest BCUT2D eigenvalue weighted by Crippen LogP contribution is 2.33. The number of ketones is 1. The molecule has 0 saturated heterocycles. The summed E-state index contributed by atoms with van der Waals surface area (Å²) in [6.45, 7) is 4.15. The highest BCUT2D eigenvalue weighted by Gasteiger charge is 2.18. The molecule has 0 radical (unpaired) electrons. The number of carbonyl (C=O) groups excluding carboxylic acids is 1. The van der Waals surface area contributed by atoms with E-state index in [0.29, 0.717) is 39.2 Å². The predicted molar refractivity (Wildman–Crippen MR) is 86.7 cm³/mol. The first kappa shape index (κ1) is 15.7. The second-order valence-electron chi connectivity index (χ2n) is 4.60. The zero-order chi connectivity index (χ0) is 15.6. The van der Waals surface area contributed by atoms with Crippen molar-refractivity contribution >= 4 is 34.7 Å². The average Bonchev–Trinajstić information content (AvgIpc) is 2.42. The first-order valence-electron chi connectivity index (χ1n) is 6.46. The van der Waals surface area contributed by atoms with Crippen LogP contribution in [0.2, 0.25) is 10.0 Å². The summed E-state index contributed by atoms with van der Waals surface area (Å²) in [6, 6.07) is 8.22. The van der Waals surface area contributed by atoms with Crippen LogP contribution in [0.5, 0.6) is 5.75 Å². The largest absolute Gasteiger partial charge is 0.492 e. The Morgan fingerprint density at radius 2 is 1.86 bits per heavy atom. The van der Waals surface area contributed by atoms with E-state index in [-0.39, 0.29) is 5.78 Å². The predicted octanol–water partition coefficient (Wildman–Crippen LogP) is 4.51. The lowest BCUT2D eigenvalue weighted by Crippen LogP contribution is -2.06. The van der Waals surface area contributed by atoms with Crippen LogP contribution in [0.25, 0.3) is 0 Å². The zero-order valence-corrected chi connectivity index (χ0v) is 13.3. The monoisotopic (exact) mass is 323 g/mol. The highest BCUT2D eigenvalue weighted by molar-refractivity contribution is 6.37. The van der Waals surface area contributed by atoms with Crippen LogP contribution >= 0.6 is 23.2 Å². The maximum absolute atomic E-state index is 12.6. The van der Waals surface area contributed by atoms with Crippen molar-refractivity contribution in [3.8, 4) is 5.75 Å². The molecule has 0 saturated carbocycles. The minimum Gasteiger partial charge on any atom is -0.492 e. The number of hydrogen-bond donors (Lipinski definition) is 1. The molecule has 0 aliphatic heterocycles. The third-order valence-corrected chi connectivity index (χ3v) is 3.67. The quantitative estimate of drug-likeness (QED) is 0.665. The van der Waals surface area contributed by atoms with Gasteiger partial charge in [0.25, 0.3) is 0 Å². The van der Waals surface area contributed by atoms with Gasteiger partial charge in [-0.3, -0.25) is 4.79 Å². The summed E-state index contributed by atoms with van der Waals surface area (Å²) in [4.78, 5) is 12.6. The van der Waals surface area contributed by atoms with E-state index in [9.17, 15) is 4.79 Å². The van der Waals surface area contributed by atoms with Gasteiger partial charge in [-0.25, -0.2) is 0 Å². The van der Waals surface area contributed by atoms with Gasteiger partial charge in [0.2, 0.25) is 0 Å². The molecule has 0 atom stereocenters. The van der Waals surface area contributed by atoms with Crippen molar-refractivity contribution in [3.63, 3.8) is 0 Å². The Balaban J connectivity index is 2.46. The second kappa shape index (κ2) is 6.37. The molecule has 2 N–H and O–H groups in total. The summed E-state index contributed by atoms with van der Waals surface area (Å²) in [5, 5.41) is 0.668. The number of nitrogen functional groups attached to an aromatic ring is 1. The first-order valence-corrected chi connectivity index (χ1v) is 7.22. The third-order valence-electron chi connectivity index (χ3n) is 3.06. The Kier molecular flexibility index (Phi) is 4.76. The molecule has 0 aliphatic carbocycles. The molecule has 110 valence electrons. The van der Waals surface area contributed by atoms with Crippen molar-refractivity contribution in [2.75, 3.05) is 12.3 Å². The SMILES string of the molecule is CCOc1cc(Cl)c(C(=O)c2ccc(N)cc2C)cc1Cl. The number of anilines is 1. The molecule has 0 aliphatic rings. The van der Waals surface area contributed by atoms with Gasteiger partial charge in [0.1, 0.15) is 5.75 Å². The summed E-state index contributed by atoms with van der Waals surface area (Å²) < 4.78 is 5.35. The highest BCUT2D eigenvalue weighted by atomic mass is 35.5. The number of benzene rings is 2. The molecule has 0 bridgehead atoms. The summed E-state index contributed by atoms with van der Waals surface area (Å²) in [6.07, 6.45) is 0. The first-order chi connectivity index (χ1) is 9.93. The molecule has 0 heterocycles. The minimum atomic E-state index is -0.192. The summed E-state index contributed by atoms with van der Waals surface area (Å²) >= 11 is 12.3. The van der Waals surface area contributed by atoms with Crippen LogP contribution in [0.4, 0.5) is 5.69 Å². The molecular formula is C16H15Cl2NO2. The van der Waals surface area contributed by atoms with Crippen LogP contribution in [0.15, 0.2) is 30.3 Å². The van der Waals surface area contributed by atoms with Gasteiger partial charge in [-0.1, -0.05) is 23.2 Å². The van der Waals surface area contributed by atoms with Crippen LogP contribution in [0.3, 0.4) is 0 Å². The second-order valence-corrected chi connectivity index (χ2v) is 5.41. The average molecular weight is 324 g/mol. The molecule has 0 fully saturated rings. The third kappa shape index (κ3) is 3.31. The number of aryl methyl sites for hydroxylation is 1. The van der Waals surface area contributed by atoms with Crippen molar-refractivity contribution in [1.29, 1.82) is 0 Å². The summed E-state index contributed by atoms with van der Waals surface area (Å²) in [7, 11) is 0. The molecule has 2 rings (SSSR count). The van der Waals surface area contributed by atoms with Crippen molar-refractivity contribution in [3.05, 3.63) is 57.1 Å². The Morgan fingerprint density at radius 1 is 1.14 bits per heavy atom. The van der Waals surface area contributed by atoms with Gasteiger partial charge in [-0.05, 0) is 43.7 Å². The molecule has 0 unspecified atom stereocenters. The Hall–Kier alpha value is -1.71. The van der Waals surface area contributed by atoms with Crippen molar-refractivity contribution in [2.24, 2.45) is 0 Å². The molecule has 0 spiro atoms. The molecule has 2 aromatic rings. The molecule has 3 nitrogen and oxygen atoms in total. The number of hydrogen-bond acceptors (Lipinski definition) is 3. The Bertz CT molecular complexity index is 699. The smallest absolute Gasteiger partial charge is 0.194 e. The van der Waals surface area contributed by atoms with E-state index >= 15 is 0 Å². The van der Waals surface area contributed by atoms with E-state index in [1.165, 1.54) is 6.07 Å². The fourth-order valence-electron chi connectivity index (χ4n) is 2.06. The lowest BCUT2D eigenvalue weighted by molar-refractivity contribution is 0.103. The summed E-state index contributed by atoms with van der Waals surface area (Å²) in [5.74, 6) is 0.275. The number of ether oxygens (including phenoxy) is 1. The standard InChI is InChI=1S/C16H15Cl2NO2/c1-3-21-15-8-13(17)12(7-14(15)18)16(20)11-5-4-10(19)6-9(11)2/h4-8H,3,19H2,1-2H3. The van der Waals surface area contributed by atoms with Gasteiger partial charge in [-0.15, -0.1) is 0 Å². The van der Waals surface area contributed by atoms with Crippen molar-refractivity contribution in [2.45, 2.75) is 13.8 Å². The molecule has 0 aromatic heterocycles. The number of nitrogens with two attached hydrogens (primary N) is 1. The van der Waals surface area contributed by atoms with Gasteiger partial charge in [0, 0.05) is 22.9 Å². The molecule has 5 heteroatoms. The summed E-state index contributed by atoms with van der Waals surface area (Å²) in [5.41, 5.74) is 8.00. The topological polar surface area (TPSA) is 52.3 Å². The van der Waals surface area contributed by atoms with Crippen LogP contribution in [0, 0.1) is 6.92 Å². The van der Waals surface area contributed by atoms with Gasteiger partial charge in [-0.2, -0.15) is 0 Å². The van der Waals surface area contributed by atoms with Crippen LogP contribution in [-0.2, 0) is 0 Å². The van der Waals surface area contributed by atoms with Crippen LogP contribution < -0.4 is 10.5 Å². The van der Waals surface area contributed by atoms with Crippen molar-refractivity contribution < 1.29 is 9.53 Å². The normalized spacial score (nSPS) is 10.5. The number of halogens is 2. The van der Waals surface area contributed by atoms with E-state index < -0.39 is 0 Å². The van der Waals surface area contributed by atoms with E-state index in [2.05, 4.69) is 0 Å². The van der Waals surface area contributed by atoms with Gasteiger partial charge >= 0.3 is 0 Å². The lowest BCUT2D eigenvalue weighted by Gasteiger charge is -2.11. The van der Waals surface area contributed by atoms with Crippen molar-refractivity contribution in [1.82, 2.24) is 0 Å². The maximum atomic E-state index is 12.6. The molecular weight excluding hydrogens is 309 g/mol.